The molecule has 0 unspecified atom stereocenters. The van der Waals surface area contributed by atoms with Crippen molar-refractivity contribution >= 4 is 0 Å². The minimum absolute atomic E-state index is 0. The van der Waals surface area contributed by atoms with Crippen molar-refractivity contribution in [3.8, 4) is 0 Å². The second kappa shape index (κ2) is 42.8. The Labute approximate surface area is 102 Å². The van der Waals surface area contributed by atoms with E-state index in [0.717, 1.165) is 5.92 Å². The van der Waals surface area contributed by atoms with Crippen molar-refractivity contribution < 1.29 is 39.6 Å². The van der Waals surface area contributed by atoms with Gasteiger partial charge in [0.2, 0.25) is 0 Å². The second-order valence-corrected chi connectivity index (χ2v) is 1.80. The fraction of sp³-hybridized carbons (Fsp3) is 0.667. The molecule has 0 aliphatic carbocycles. The Bertz CT molecular complexity index is 23.5. The van der Waals surface area contributed by atoms with Crippen molar-refractivity contribution in [2.24, 2.45) is 5.92 Å². The zero-order valence-electron chi connectivity index (χ0n) is 8.14. The first kappa shape index (κ1) is 56.1. The molecule has 0 atom stereocenters. The molecule has 0 spiro atoms. The van der Waals surface area contributed by atoms with Crippen molar-refractivity contribution in [1.29, 1.82) is 0 Å². The first-order chi connectivity index (χ1) is 2.27. The van der Waals surface area contributed by atoms with Crippen molar-refractivity contribution in [2.75, 3.05) is 0 Å². The molecular formula is C9H25VW-. The maximum atomic E-state index is 2.22. The van der Waals surface area contributed by atoms with E-state index < -0.39 is 0 Å². The van der Waals surface area contributed by atoms with E-state index in [1.165, 1.54) is 6.42 Å². The van der Waals surface area contributed by atoms with E-state index in [0.29, 0.717) is 0 Å². The molecule has 0 rings (SSSR count). The molecule has 11 heavy (non-hydrogen) atoms. The van der Waals surface area contributed by atoms with E-state index in [9.17, 15) is 0 Å². The molecule has 0 amide bonds. The third-order valence-electron chi connectivity index (χ3n) is 0.816. The third-order valence-corrected chi connectivity index (χ3v) is 0.816. The van der Waals surface area contributed by atoms with Crippen LogP contribution in [-0.4, -0.2) is 0 Å². The van der Waals surface area contributed by atoms with Gasteiger partial charge in [-0.25, -0.2) is 0 Å². The van der Waals surface area contributed by atoms with Crippen LogP contribution in [0.5, 0.6) is 0 Å². The summed E-state index contributed by atoms with van der Waals surface area (Å²) in [6, 6.07) is 0. The standard InChI is InChI=1S/C5H12.CH4.3CH3.V.W/c1-4-5(2)3;;;;;;/h5H,4H2,1-3H3;1H4;3*1H3;;/q;;3*-1;+2;. The molecule has 0 N–H and O–H groups in total. The summed E-state index contributed by atoms with van der Waals surface area (Å²) >= 11 is 0. The van der Waals surface area contributed by atoms with Crippen molar-refractivity contribution in [2.45, 2.75) is 34.6 Å². The molecule has 0 fully saturated rings. The fourth-order valence-electron chi connectivity index (χ4n) is 0. The van der Waals surface area contributed by atoms with E-state index in [2.05, 4.69) is 20.8 Å². The summed E-state index contributed by atoms with van der Waals surface area (Å²) in [4.78, 5) is 0. The zero-order valence-corrected chi connectivity index (χ0v) is 12.5. The van der Waals surface area contributed by atoms with Gasteiger partial charge >= 0.3 is 18.6 Å². The minimum atomic E-state index is 0. The molecular weight excluding hydrogens is 343 g/mol. The number of rotatable bonds is 1. The SMILES string of the molecule is C.CCC(C)C.[CH3-].[CH3-].[CH3-].[V+2].[W]. The van der Waals surface area contributed by atoms with Crippen LogP contribution in [0.1, 0.15) is 34.6 Å². The van der Waals surface area contributed by atoms with E-state index in [4.69, 9.17) is 0 Å². The molecule has 0 bridgehead atoms. The Morgan fingerprint density at radius 1 is 1.00 bits per heavy atom. The van der Waals surface area contributed by atoms with Crippen LogP contribution in [0.25, 0.3) is 0 Å². The van der Waals surface area contributed by atoms with Gasteiger partial charge in [-0.05, 0) is 5.92 Å². The van der Waals surface area contributed by atoms with Gasteiger partial charge in [-0.1, -0.05) is 34.6 Å². The quantitative estimate of drug-likeness (QED) is 0.613. The Morgan fingerprint density at radius 2 is 1.09 bits per heavy atom. The van der Waals surface area contributed by atoms with Crippen LogP contribution < -0.4 is 0 Å². The average Bonchev–Trinajstić information content (AvgIpc) is 1.38. The Balaban J connectivity index is -0.00000000533. The molecule has 1 radical (unpaired) electrons. The average molecular weight is 368 g/mol. The molecule has 0 aromatic rings. The topological polar surface area (TPSA) is 0 Å². The molecule has 0 aromatic heterocycles. The van der Waals surface area contributed by atoms with Crippen molar-refractivity contribution in [1.82, 2.24) is 0 Å². The molecule has 0 saturated carbocycles. The van der Waals surface area contributed by atoms with E-state index >= 15 is 0 Å². The maximum Gasteiger partial charge on any atom is 2.00 e. The summed E-state index contributed by atoms with van der Waals surface area (Å²) in [5.74, 6) is 0.884. The molecule has 0 heterocycles. The van der Waals surface area contributed by atoms with Gasteiger partial charge in [-0.15, -0.1) is 0 Å². The van der Waals surface area contributed by atoms with Gasteiger partial charge in [0, 0.05) is 21.1 Å². The zero-order chi connectivity index (χ0) is 4.28. The van der Waals surface area contributed by atoms with Crippen LogP contribution in [0.3, 0.4) is 0 Å². The Morgan fingerprint density at radius 3 is 1.09 bits per heavy atom. The molecule has 0 nitrogen and oxygen atoms in total. The third kappa shape index (κ3) is 90.5. The van der Waals surface area contributed by atoms with Gasteiger partial charge in [0.1, 0.15) is 0 Å². The van der Waals surface area contributed by atoms with Gasteiger partial charge in [0.15, 0.2) is 0 Å². The van der Waals surface area contributed by atoms with Crippen molar-refractivity contribution in [3.05, 3.63) is 22.3 Å². The normalized spacial score (nSPS) is 4.36. The predicted octanol–water partition coefficient (Wildman–Crippen LogP) is 4.03. The molecule has 0 saturated heterocycles. The molecule has 0 aliphatic heterocycles. The van der Waals surface area contributed by atoms with Crippen LogP contribution in [0.4, 0.5) is 0 Å². The monoisotopic (exact) mass is 368 g/mol. The number of hydrogen-bond acceptors (Lipinski definition) is 0. The minimum Gasteiger partial charge on any atom is -0.358 e. The summed E-state index contributed by atoms with van der Waals surface area (Å²) in [7, 11) is 0. The van der Waals surface area contributed by atoms with Crippen LogP contribution in [0.15, 0.2) is 0 Å². The van der Waals surface area contributed by atoms with E-state index in [1.807, 2.05) is 0 Å². The molecule has 2 heteroatoms. The summed E-state index contributed by atoms with van der Waals surface area (Å²) in [6.45, 7) is 6.64. The Kier molecular flexibility index (Phi) is 218. The van der Waals surface area contributed by atoms with Gasteiger partial charge in [0.25, 0.3) is 0 Å². The van der Waals surface area contributed by atoms with E-state index in [1.54, 1.807) is 0 Å². The van der Waals surface area contributed by atoms with Crippen LogP contribution in [-0.2, 0) is 39.6 Å². The molecule has 0 aliphatic rings. The second-order valence-electron chi connectivity index (χ2n) is 1.80. The largest absolute Gasteiger partial charge is 2.00 e. The first-order valence-electron chi connectivity index (χ1n) is 2.27. The van der Waals surface area contributed by atoms with E-state index in [-0.39, 0.29) is 69.3 Å². The summed E-state index contributed by atoms with van der Waals surface area (Å²) in [5, 5.41) is 0. The Hall–Kier alpha value is 1.27. The number of hydrogen-bond donors (Lipinski definition) is 0. The molecule has 73 valence electrons. The smallest absolute Gasteiger partial charge is 0.358 e. The fourth-order valence-corrected chi connectivity index (χ4v) is 0. The predicted molar refractivity (Wildman–Crippen MR) is 51.1 cm³/mol. The van der Waals surface area contributed by atoms with Crippen LogP contribution >= 0.6 is 0 Å². The summed E-state index contributed by atoms with van der Waals surface area (Å²) in [5.41, 5.74) is 0. The van der Waals surface area contributed by atoms with Gasteiger partial charge in [-0.2, -0.15) is 0 Å². The van der Waals surface area contributed by atoms with Gasteiger partial charge in [0.05, 0.1) is 0 Å². The first-order valence-corrected chi connectivity index (χ1v) is 2.27. The van der Waals surface area contributed by atoms with Crippen LogP contribution in [0, 0.1) is 28.2 Å². The molecule has 0 aromatic carbocycles. The summed E-state index contributed by atoms with van der Waals surface area (Å²) in [6.07, 6.45) is 1.31. The van der Waals surface area contributed by atoms with Crippen molar-refractivity contribution in [3.63, 3.8) is 0 Å². The van der Waals surface area contributed by atoms with Gasteiger partial charge < -0.3 is 22.3 Å². The summed E-state index contributed by atoms with van der Waals surface area (Å²) < 4.78 is 0. The van der Waals surface area contributed by atoms with Gasteiger partial charge in [-0.3, -0.25) is 0 Å². The maximum absolute atomic E-state index is 2.22. The van der Waals surface area contributed by atoms with Crippen LogP contribution in [0.2, 0.25) is 0 Å².